The number of hydrogen-bond acceptors (Lipinski definition) is 6. The Morgan fingerprint density at radius 1 is 1.12 bits per heavy atom. The Morgan fingerprint density at radius 2 is 1.88 bits per heavy atom. The number of amides is 1. The van der Waals surface area contributed by atoms with Gasteiger partial charge >= 0.3 is 0 Å². The third-order valence-corrected chi connectivity index (χ3v) is 6.02. The maximum atomic E-state index is 12.4. The highest BCUT2D eigenvalue weighted by atomic mass is 35.5. The summed E-state index contributed by atoms with van der Waals surface area (Å²) in [6.07, 6.45) is 1.62. The molecular weight excluding hydrogens is 470 g/mol. The molecule has 0 saturated heterocycles. The molecule has 1 N–H and O–H groups in total. The molecule has 172 valence electrons. The van der Waals surface area contributed by atoms with Crippen molar-refractivity contribution in [2.75, 3.05) is 12.9 Å². The molecule has 0 fully saturated rings. The largest absolute Gasteiger partial charge is 0.497 e. The molecule has 0 radical (unpaired) electrons. The van der Waals surface area contributed by atoms with Gasteiger partial charge in [-0.15, -0.1) is 10.2 Å². The fourth-order valence-electron chi connectivity index (χ4n) is 3.20. The maximum absolute atomic E-state index is 12.4. The summed E-state index contributed by atoms with van der Waals surface area (Å²) in [6, 6.07) is 22.8. The zero-order valence-corrected chi connectivity index (χ0v) is 20.2. The monoisotopic (exact) mass is 491 g/mol. The molecule has 3 aromatic carbocycles. The Balaban J connectivity index is 1.52. The molecule has 0 atom stereocenters. The summed E-state index contributed by atoms with van der Waals surface area (Å²) in [5.41, 5.74) is 6.30. The second-order valence-corrected chi connectivity index (χ2v) is 8.72. The van der Waals surface area contributed by atoms with Crippen LogP contribution < -0.4 is 10.2 Å². The molecule has 0 aliphatic carbocycles. The Bertz CT molecular complexity index is 1300. The Hall–Kier alpha value is -3.62. The first kappa shape index (κ1) is 23.5. The van der Waals surface area contributed by atoms with Gasteiger partial charge in [-0.3, -0.25) is 9.36 Å². The molecule has 34 heavy (non-hydrogen) atoms. The number of hydrogen-bond donors (Lipinski definition) is 1. The van der Waals surface area contributed by atoms with E-state index in [2.05, 4.69) is 20.7 Å². The quantitative estimate of drug-likeness (QED) is 0.209. The van der Waals surface area contributed by atoms with Crippen molar-refractivity contribution in [1.29, 1.82) is 0 Å². The topological polar surface area (TPSA) is 81.4 Å². The molecule has 7 nitrogen and oxygen atoms in total. The number of aryl methyl sites for hydroxylation is 1. The second kappa shape index (κ2) is 11.0. The number of rotatable bonds is 8. The fraction of sp³-hybridized carbons (Fsp3) is 0.120. The number of nitrogens with zero attached hydrogens (tertiary/aromatic N) is 4. The van der Waals surface area contributed by atoms with Crippen LogP contribution in [0.1, 0.15) is 11.1 Å². The van der Waals surface area contributed by atoms with E-state index < -0.39 is 0 Å². The van der Waals surface area contributed by atoms with E-state index in [4.69, 9.17) is 16.3 Å². The van der Waals surface area contributed by atoms with Gasteiger partial charge in [-0.05, 0) is 61.0 Å². The van der Waals surface area contributed by atoms with Crippen LogP contribution in [0.5, 0.6) is 5.75 Å². The van der Waals surface area contributed by atoms with Gasteiger partial charge in [-0.25, -0.2) is 5.43 Å². The van der Waals surface area contributed by atoms with E-state index in [1.807, 2.05) is 72.2 Å². The summed E-state index contributed by atoms with van der Waals surface area (Å²) >= 11 is 7.35. The summed E-state index contributed by atoms with van der Waals surface area (Å²) in [5.74, 6) is 1.27. The lowest BCUT2D eigenvalue weighted by Gasteiger charge is -2.11. The molecule has 0 spiro atoms. The zero-order valence-electron chi connectivity index (χ0n) is 18.6. The number of methoxy groups -OCH3 is 1. The van der Waals surface area contributed by atoms with Crippen LogP contribution in [-0.2, 0) is 4.79 Å². The highest BCUT2D eigenvalue weighted by Crippen LogP contribution is 2.29. The van der Waals surface area contributed by atoms with Gasteiger partial charge in [0.25, 0.3) is 5.91 Å². The molecule has 1 aromatic heterocycles. The second-order valence-electron chi connectivity index (χ2n) is 7.34. The molecule has 1 amide bonds. The van der Waals surface area contributed by atoms with Crippen LogP contribution >= 0.6 is 23.4 Å². The Labute approximate surface area is 206 Å². The number of carbonyl (C=O) groups excluding carboxylic acids is 1. The lowest BCUT2D eigenvalue weighted by molar-refractivity contribution is -0.118. The first-order valence-electron chi connectivity index (χ1n) is 10.4. The normalized spacial score (nSPS) is 11.0. The molecule has 1 heterocycles. The first-order chi connectivity index (χ1) is 16.5. The van der Waals surface area contributed by atoms with E-state index in [1.54, 1.807) is 25.5 Å². The van der Waals surface area contributed by atoms with Crippen LogP contribution in [0.4, 0.5) is 0 Å². The van der Waals surface area contributed by atoms with Crippen molar-refractivity contribution in [2.45, 2.75) is 12.1 Å². The fourth-order valence-corrected chi connectivity index (χ4v) is 4.08. The highest BCUT2D eigenvalue weighted by Gasteiger charge is 2.17. The van der Waals surface area contributed by atoms with Crippen LogP contribution in [0.2, 0.25) is 5.02 Å². The van der Waals surface area contributed by atoms with Gasteiger partial charge in [0.1, 0.15) is 5.75 Å². The van der Waals surface area contributed by atoms with Gasteiger partial charge in [-0.1, -0.05) is 53.2 Å². The third-order valence-electron chi connectivity index (χ3n) is 4.84. The summed E-state index contributed by atoms with van der Waals surface area (Å²) in [5, 5.41) is 14.0. The number of ether oxygens (including phenoxy) is 1. The van der Waals surface area contributed by atoms with E-state index in [1.165, 1.54) is 11.8 Å². The van der Waals surface area contributed by atoms with Gasteiger partial charge < -0.3 is 4.74 Å². The van der Waals surface area contributed by atoms with Crippen LogP contribution in [0, 0.1) is 6.92 Å². The molecule has 9 heteroatoms. The lowest BCUT2D eigenvalue weighted by atomic mass is 10.2. The van der Waals surface area contributed by atoms with Crippen LogP contribution in [0.3, 0.4) is 0 Å². The van der Waals surface area contributed by atoms with E-state index in [0.29, 0.717) is 16.0 Å². The highest BCUT2D eigenvalue weighted by molar-refractivity contribution is 7.99. The SMILES string of the molecule is COc1ccc(-c2nnc(SCC(=O)NN=Cc3cccc(C)c3)n2-c2ccc(Cl)cc2)cc1. The smallest absolute Gasteiger partial charge is 0.250 e. The third kappa shape index (κ3) is 5.84. The van der Waals surface area contributed by atoms with E-state index >= 15 is 0 Å². The maximum Gasteiger partial charge on any atom is 0.250 e. The van der Waals surface area contributed by atoms with Gasteiger partial charge in [0.2, 0.25) is 0 Å². The van der Waals surface area contributed by atoms with Gasteiger partial charge in [-0.2, -0.15) is 5.10 Å². The van der Waals surface area contributed by atoms with Gasteiger partial charge in [0.05, 0.1) is 19.1 Å². The average Bonchev–Trinajstić information content (AvgIpc) is 3.27. The van der Waals surface area contributed by atoms with Crippen molar-refractivity contribution in [3.63, 3.8) is 0 Å². The van der Waals surface area contributed by atoms with Crippen molar-refractivity contribution in [1.82, 2.24) is 20.2 Å². The van der Waals surface area contributed by atoms with Crippen molar-refractivity contribution < 1.29 is 9.53 Å². The van der Waals surface area contributed by atoms with E-state index in [0.717, 1.165) is 28.1 Å². The Kier molecular flexibility index (Phi) is 7.61. The standard InChI is InChI=1S/C25H22ClN5O2S/c1-17-4-3-5-18(14-17)15-27-28-23(32)16-34-25-30-29-24(19-6-12-22(33-2)13-7-19)31(25)21-10-8-20(26)9-11-21/h3-15H,16H2,1-2H3,(H,28,32). The summed E-state index contributed by atoms with van der Waals surface area (Å²) in [4.78, 5) is 12.4. The van der Waals surface area contributed by atoms with Crippen LogP contribution in [0.15, 0.2) is 83.1 Å². The minimum atomic E-state index is -0.245. The molecule has 0 aliphatic heterocycles. The van der Waals surface area contributed by atoms with E-state index in [9.17, 15) is 4.79 Å². The van der Waals surface area contributed by atoms with Crippen LogP contribution in [0.25, 0.3) is 17.1 Å². The molecule has 0 saturated carbocycles. The summed E-state index contributed by atoms with van der Waals surface area (Å²) in [6.45, 7) is 2.00. The van der Waals surface area contributed by atoms with Gasteiger partial charge in [0.15, 0.2) is 11.0 Å². The predicted octanol–water partition coefficient (Wildman–Crippen LogP) is 5.15. The summed E-state index contributed by atoms with van der Waals surface area (Å²) in [7, 11) is 1.62. The summed E-state index contributed by atoms with van der Waals surface area (Å²) < 4.78 is 7.15. The minimum Gasteiger partial charge on any atom is -0.497 e. The molecular formula is C25H22ClN5O2S. The molecule has 0 aliphatic rings. The van der Waals surface area contributed by atoms with Crippen molar-refractivity contribution in [3.8, 4) is 22.8 Å². The molecule has 4 rings (SSSR count). The number of nitrogens with one attached hydrogen (secondary N) is 1. The average molecular weight is 492 g/mol. The molecule has 0 bridgehead atoms. The van der Waals surface area contributed by atoms with Crippen molar-refractivity contribution >= 4 is 35.5 Å². The lowest BCUT2D eigenvalue weighted by Crippen LogP contribution is -2.20. The number of benzene rings is 3. The zero-order chi connectivity index (χ0) is 23.9. The molecule has 4 aromatic rings. The Morgan fingerprint density at radius 3 is 2.59 bits per heavy atom. The predicted molar refractivity (Wildman–Crippen MR) is 136 cm³/mol. The first-order valence-corrected chi connectivity index (χ1v) is 11.8. The number of aromatic nitrogens is 3. The minimum absolute atomic E-state index is 0.124. The number of halogens is 1. The molecule has 0 unspecified atom stereocenters. The number of carbonyl (C=O) groups is 1. The van der Waals surface area contributed by atoms with Crippen molar-refractivity contribution in [3.05, 3.63) is 88.9 Å². The van der Waals surface area contributed by atoms with Gasteiger partial charge in [0, 0.05) is 16.3 Å². The number of thioether (sulfide) groups is 1. The van der Waals surface area contributed by atoms with Crippen molar-refractivity contribution in [2.24, 2.45) is 5.10 Å². The van der Waals surface area contributed by atoms with Crippen LogP contribution in [-0.4, -0.2) is 39.7 Å². The number of hydrazone groups is 1. The van der Waals surface area contributed by atoms with E-state index in [-0.39, 0.29) is 11.7 Å².